The molecule has 1 aromatic carbocycles. The molecule has 1 heterocycles. The molecular weight excluding hydrogens is 363 g/mol. The summed E-state index contributed by atoms with van der Waals surface area (Å²) in [7, 11) is 3.49. The lowest BCUT2D eigenvalue weighted by molar-refractivity contribution is 0.0697. The lowest BCUT2D eigenvalue weighted by atomic mass is 10.0. The number of carbonyl (C=O) groups is 1. The Labute approximate surface area is 161 Å². The standard InChI is InChI=1S/C18H27ClN2O3.ClH/c1-4-5-9-24-17-15(19)10-13(11-16(17)23-3)18(22)21-8-6-7-14(12-21)20-2;/h10-11,14,20H,4-9,12H2,1-3H3;1H. The number of rotatable bonds is 7. The van der Waals surface area contributed by atoms with Crippen LogP contribution in [-0.2, 0) is 0 Å². The Morgan fingerprint density at radius 2 is 2.20 bits per heavy atom. The summed E-state index contributed by atoms with van der Waals surface area (Å²) in [6, 6.07) is 3.74. The fourth-order valence-corrected chi connectivity index (χ4v) is 3.15. The zero-order valence-electron chi connectivity index (χ0n) is 15.1. The number of nitrogens with zero attached hydrogens (tertiary/aromatic N) is 1. The number of benzene rings is 1. The molecule has 0 bridgehead atoms. The fourth-order valence-electron chi connectivity index (χ4n) is 2.88. The number of methoxy groups -OCH3 is 1. The van der Waals surface area contributed by atoms with Crippen molar-refractivity contribution in [2.24, 2.45) is 0 Å². The van der Waals surface area contributed by atoms with Crippen molar-refractivity contribution < 1.29 is 14.3 Å². The summed E-state index contributed by atoms with van der Waals surface area (Å²) in [5, 5.41) is 3.66. The Morgan fingerprint density at radius 3 is 2.84 bits per heavy atom. The summed E-state index contributed by atoms with van der Waals surface area (Å²) >= 11 is 6.34. The van der Waals surface area contributed by atoms with E-state index in [1.54, 1.807) is 19.2 Å². The molecule has 7 heteroatoms. The summed E-state index contributed by atoms with van der Waals surface area (Å²) in [6.45, 7) is 4.16. The maximum atomic E-state index is 12.8. The van der Waals surface area contributed by atoms with E-state index in [0.29, 0.717) is 41.3 Å². The van der Waals surface area contributed by atoms with Gasteiger partial charge in [-0.15, -0.1) is 12.4 Å². The van der Waals surface area contributed by atoms with E-state index in [4.69, 9.17) is 21.1 Å². The van der Waals surface area contributed by atoms with E-state index in [-0.39, 0.29) is 18.3 Å². The molecular formula is C18H28Cl2N2O3. The molecule has 1 amide bonds. The highest BCUT2D eigenvalue weighted by molar-refractivity contribution is 6.32. The van der Waals surface area contributed by atoms with E-state index in [0.717, 1.165) is 32.2 Å². The molecule has 0 aromatic heterocycles. The second-order valence-corrected chi connectivity index (χ2v) is 6.48. The van der Waals surface area contributed by atoms with Crippen LogP contribution < -0.4 is 14.8 Å². The minimum absolute atomic E-state index is 0. The first-order valence-corrected chi connectivity index (χ1v) is 8.95. The summed E-state index contributed by atoms with van der Waals surface area (Å²) < 4.78 is 11.1. The van der Waals surface area contributed by atoms with Crippen molar-refractivity contribution in [3.8, 4) is 11.5 Å². The average Bonchev–Trinajstić information content (AvgIpc) is 2.62. The third-order valence-electron chi connectivity index (χ3n) is 4.34. The number of likely N-dealkylation sites (N-methyl/N-ethyl adjacent to an activating group) is 1. The molecule has 0 saturated carbocycles. The van der Waals surface area contributed by atoms with Gasteiger partial charge < -0.3 is 19.7 Å². The lowest BCUT2D eigenvalue weighted by Crippen LogP contribution is -2.46. The first kappa shape index (κ1) is 21.9. The second kappa shape index (κ2) is 10.7. The molecule has 1 aliphatic rings. The normalized spacial score (nSPS) is 17.0. The average molecular weight is 391 g/mol. The summed E-state index contributed by atoms with van der Waals surface area (Å²) in [5.41, 5.74) is 0.538. The number of unbranched alkanes of at least 4 members (excludes halogenated alkanes) is 1. The van der Waals surface area contributed by atoms with Crippen molar-refractivity contribution in [1.29, 1.82) is 0 Å². The van der Waals surface area contributed by atoms with Gasteiger partial charge in [0.05, 0.1) is 18.7 Å². The van der Waals surface area contributed by atoms with Gasteiger partial charge in [0.2, 0.25) is 0 Å². The minimum atomic E-state index is -0.0183. The van der Waals surface area contributed by atoms with Gasteiger partial charge in [-0.1, -0.05) is 24.9 Å². The molecule has 142 valence electrons. The van der Waals surface area contributed by atoms with Crippen LogP contribution in [0.3, 0.4) is 0 Å². The van der Waals surface area contributed by atoms with Gasteiger partial charge in [0.25, 0.3) is 5.91 Å². The van der Waals surface area contributed by atoms with Crippen LogP contribution in [0.4, 0.5) is 0 Å². The third kappa shape index (κ3) is 5.66. The molecule has 1 fully saturated rings. The zero-order valence-corrected chi connectivity index (χ0v) is 16.7. The number of likely N-dealkylation sites (tertiary alicyclic amines) is 1. The van der Waals surface area contributed by atoms with Gasteiger partial charge in [-0.05, 0) is 38.4 Å². The third-order valence-corrected chi connectivity index (χ3v) is 4.62. The number of carbonyl (C=O) groups excluding carboxylic acids is 1. The molecule has 1 saturated heterocycles. The molecule has 1 aromatic rings. The topological polar surface area (TPSA) is 50.8 Å². The predicted octanol–water partition coefficient (Wildman–Crippen LogP) is 3.77. The van der Waals surface area contributed by atoms with Crippen LogP contribution in [0.25, 0.3) is 0 Å². The van der Waals surface area contributed by atoms with Gasteiger partial charge in [0, 0.05) is 24.7 Å². The van der Waals surface area contributed by atoms with Crippen LogP contribution in [0.2, 0.25) is 5.02 Å². The smallest absolute Gasteiger partial charge is 0.254 e. The van der Waals surface area contributed by atoms with Gasteiger partial charge in [-0.25, -0.2) is 0 Å². The number of hydrogen-bond donors (Lipinski definition) is 1. The number of hydrogen-bond acceptors (Lipinski definition) is 4. The van der Waals surface area contributed by atoms with Crippen molar-refractivity contribution in [2.45, 2.75) is 38.6 Å². The van der Waals surface area contributed by atoms with Crippen LogP contribution >= 0.6 is 24.0 Å². The van der Waals surface area contributed by atoms with Crippen molar-refractivity contribution in [3.63, 3.8) is 0 Å². The number of halogens is 2. The van der Waals surface area contributed by atoms with Gasteiger partial charge in [0.15, 0.2) is 11.5 Å². The molecule has 5 nitrogen and oxygen atoms in total. The molecule has 1 aliphatic heterocycles. The Kier molecular flexibility index (Phi) is 9.39. The van der Waals surface area contributed by atoms with Crippen molar-refractivity contribution in [2.75, 3.05) is 33.9 Å². The molecule has 0 aliphatic carbocycles. The van der Waals surface area contributed by atoms with Crippen molar-refractivity contribution in [3.05, 3.63) is 22.7 Å². The van der Waals surface area contributed by atoms with E-state index >= 15 is 0 Å². The van der Waals surface area contributed by atoms with Crippen LogP contribution in [0.15, 0.2) is 12.1 Å². The van der Waals surface area contributed by atoms with E-state index in [1.807, 2.05) is 11.9 Å². The minimum Gasteiger partial charge on any atom is -0.493 e. The monoisotopic (exact) mass is 390 g/mol. The van der Waals surface area contributed by atoms with Gasteiger partial charge in [-0.3, -0.25) is 4.79 Å². The van der Waals surface area contributed by atoms with Crippen LogP contribution in [0.1, 0.15) is 43.0 Å². The van der Waals surface area contributed by atoms with Gasteiger partial charge in [0.1, 0.15) is 0 Å². The quantitative estimate of drug-likeness (QED) is 0.719. The maximum Gasteiger partial charge on any atom is 0.254 e. The molecule has 0 radical (unpaired) electrons. The number of nitrogens with one attached hydrogen (secondary N) is 1. The zero-order chi connectivity index (χ0) is 17.5. The number of ether oxygens (including phenoxy) is 2. The van der Waals surface area contributed by atoms with E-state index in [9.17, 15) is 4.79 Å². The Bertz CT molecular complexity index is 569. The van der Waals surface area contributed by atoms with E-state index in [2.05, 4.69) is 12.2 Å². The fraction of sp³-hybridized carbons (Fsp3) is 0.611. The Morgan fingerprint density at radius 1 is 1.44 bits per heavy atom. The number of piperidine rings is 1. The summed E-state index contributed by atoms with van der Waals surface area (Å²) in [4.78, 5) is 14.7. The van der Waals surface area contributed by atoms with Crippen molar-refractivity contribution in [1.82, 2.24) is 10.2 Å². The summed E-state index contributed by atoms with van der Waals surface area (Å²) in [6.07, 6.45) is 4.08. The number of amides is 1. The highest BCUT2D eigenvalue weighted by Crippen LogP contribution is 2.37. The van der Waals surface area contributed by atoms with Crippen molar-refractivity contribution >= 4 is 29.9 Å². The predicted molar refractivity (Wildman–Crippen MR) is 104 cm³/mol. The highest BCUT2D eigenvalue weighted by atomic mass is 35.5. The van der Waals surface area contributed by atoms with Crippen LogP contribution in [0, 0.1) is 0 Å². The largest absolute Gasteiger partial charge is 0.493 e. The molecule has 1 N–H and O–H groups in total. The second-order valence-electron chi connectivity index (χ2n) is 6.07. The maximum absolute atomic E-state index is 12.8. The van der Waals surface area contributed by atoms with Crippen LogP contribution in [0.5, 0.6) is 11.5 Å². The highest BCUT2D eigenvalue weighted by Gasteiger charge is 2.25. The molecule has 0 spiro atoms. The molecule has 1 atom stereocenters. The lowest BCUT2D eigenvalue weighted by Gasteiger charge is -2.32. The van der Waals surface area contributed by atoms with Gasteiger partial charge >= 0.3 is 0 Å². The molecule has 1 unspecified atom stereocenters. The summed E-state index contributed by atoms with van der Waals surface area (Å²) in [5.74, 6) is 0.996. The SMILES string of the molecule is CCCCOc1c(Cl)cc(C(=O)N2CCCC(NC)C2)cc1OC.Cl. The van der Waals surface area contributed by atoms with E-state index in [1.165, 1.54) is 0 Å². The molecule has 2 rings (SSSR count). The first-order valence-electron chi connectivity index (χ1n) is 8.57. The van der Waals surface area contributed by atoms with Crippen LogP contribution in [-0.4, -0.2) is 50.7 Å². The Hall–Kier alpha value is -1.17. The van der Waals surface area contributed by atoms with Gasteiger partial charge in [-0.2, -0.15) is 0 Å². The van der Waals surface area contributed by atoms with E-state index < -0.39 is 0 Å². The Balaban J connectivity index is 0.00000312. The first-order chi connectivity index (χ1) is 11.6. The molecule has 25 heavy (non-hydrogen) atoms.